The molecule has 1 aliphatic rings. The molecule has 1 aliphatic carbocycles. The van der Waals surface area contributed by atoms with Crippen LogP contribution in [0.1, 0.15) is 39.0 Å². The molecule has 0 spiro atoms. The number of amides is 1. The molecular weight excluding hydrogens is 278 g/mol. The lowest BCUT2D eigenvalue weighted by atomic mass is 9.81. The second-order valence-corrected chi connectivity index (χ2v) is 6.14. The molecule has 22 heavy (non-hydrogen) atoms. The van der Waals surface area contributed by atoms with Crippen molar-refractivity contribution >= 4 is 11.6 Å². The van der Waals surface area contributed by atoms with E-state index in [9.17, 15) is 4.79 Å². The fraction of sp³-hybridized carbons (Fsp3) is 0.500. The van der Waals surface area contributed by atoms with E-state index in [1.807, 2.05) is 12.1 Å². The van der Waals surface area contributed by atoms with Crippen LogP contribution in [0.15, 0.2) is 31.0 Å². The molecule has 2 heterocycles. The second-order valence-electron chi connectivity index (χ2n) is 6.14. The van der Waals surface area contributed by atoms with Crippen molar-refractivity contribution in [3.8, 4) is 5.82 Å². The van der Waals surface area contributed by atoms with Crippen LogP contribution in [0.3, 0.4) is 0 Å². The number of carbonyl (C=O) groups excluding carboxylic acids is 1. The maximum Gasteiger partial charge on any atom is 0.224 e. The van der Waals surface area contributed by atoms with Gasteiger partial charge >= 0.3 is 0 Å². The highest BCUT2D eigenvalue weighted by Crippen LogP contribution is 2.30. The molecular formula is C16H21N5O. The summed E-state index contributed by atoms with van der Waals surface area (Å²) < 4.78 is 1.58. The van der Waals surface area contributed by atoms with Crippen molar-refractivity contribution in [1.29, 1.82) is 0 Å². The van der Waals surface area contributed by atoms with Gasteiger partial charge in [-0.3, -0.25) is 4.79 Å². The van der Waals surface area contributed by atoms with Gasteiger partial charge in [-0.15, -0.1) is 0 Å². The third-order valence-corrected chi connectivity index (χ3v) is 4.20. The van der Waals surface area contributed by atoms with Gasteiger partial charge in [0, 0.05) is 6.42 Å². The summed E-state index contributed by atoms with van der Waals surface area (Å²) >= 11 is 0. The van der Waals surface area contributed by atoms with Crippen LogP contribution in [0.2, 0.25) is 0 Å². The molecule has 0 unspecified atom stereocenters. The van der Waals surface area contributed by atoms with Gasteiger partial charge in [0.1, 0.15) is 12.7 Å². The number of pyridine rings is 1. The van der Waals surface area contributed by atoms with Gasteiger partial charge in [0.15, 0.2) is 5.82 Å². The van der Waals surface area contributed by atoms with Crippen LogP contribution in [-0.2, 0) is 4.79 Å². The highest BCUT2D eigenvalue weighted by atomic mass is 16.1. The average molecular weight is 299 g/mol. The Balaban J connectivity index is 1.55. The van der Waals surface area contributed by atoms with Gasteiger partial charge in [0.25, 0.3) is 0 Å². The van der Waals surface area contributed by atoms with Crippen molar-refractivity contribution in [2.24, 2.45) is 11.8 Å². The average Bonchev–Trinajstić information content (AvgIpc) is 3.02. The van der Waals surface area contributed by atoms with Gasteiger partial charge in [-0.25, -0.2) is 14.6 Å². The molecule has 0 radical (unpaired) electrons. The van der Waals surface area contributed by atoms with Crippen molar-refractivity contribution in [3.05, 3.63) is 31.0 Å². The minimum atomic E-state index is 0.0782. The molecule has 6 heteroatoms. The summed E-state index contributed by atoms with van der Waals surface area (Å²) in [5, 5.41) is 6.95. The third-order valence-electron chi connectivity index (χ3n) is 4.20. The molecule has 0 aromatic carbocycles. The molecule has 6 nitrogen and oxygen atoms in total. The molecule has 0 saturated heterocycles. The molecule has 0 bridgehead atoms. The Kier molecular flexibility index (Phi) is 4.46. The van der Waals surface area contributed by atoms with Crippen molar-refractivity contribution in [1.82, 2.24) is 19.7 Å². The predicted molar refractivity (Wildman–Crippen MR) is 83.5 cm³/mol. The molecule has 2 atom stereocenters. The number of carbonyl (C=O) groups is 1. The number of hydrogen-bond donors (Lipinski definition) is 1. The Morgan fingerprint density at radius 1 is 1.41 bits per heavy atom. The quantitative estimate of drug-likeness (QED) is 0.942. The first-order valence-electron chi connectivity index (χ1n) is 7.81. The first-order chi connectivity index (χ1) is 10.7. The molecule has 3 rings (SSSR count). The van der Waals surface area contributed by atoms with E-state index in [0.717, 1.165) is 18.0 Å². The molecule has 1 saturated carbocycles. The van der Waals surface area contributed by atoms with E-state index in [-0.39, 0.29) is 5.91 Å². The molecule has 116 valence electrons. The standard InChI is InChI=1S/C16H21N5O/c1-12-3-2-4-13(7-12)8-16(22)20-14-5-6-15(18-9-14)21-11-17-10-19-21/h5-6,9-13H,2-4,7-8H2,1H3,(H,20,22)/t12-,13+/m0/s1. The molecule has 1 fully saturated rings. The minimum absolute atomic E-state index is 0.0782. The maximum atomic E-state index is 12.1. The summed E-state index contributed by atoms with van der Waals surface area (Å²) in [5.74, 6) is 2.02. The Morgan fingerprint density at radius 3 is 3.00 bits per heavy atom. The SMILES string of the molecule is C[C@H]1CCC[C@@H](CC(=O)Nc2ccc(-n3cncn3)nc2)C1. The van der Waals surface area contributed by atoms with E-state index in [2.05, 4.69) is 27.3 Å². The van der Waals surface area contributed by atoms with Crippen molar-refractivity contribution in [2.75, 3.05) is 5.32 Å². The zero-order chi connectivity index (χ0) is 15.4. The molecule has 2 aromatic rings. The highest BCUT2D eigenvalue weighted by Gasteiger charge is 2.21. The number of nitrogens with zero attached hydrogens (tertiary/aromatic N) is 4. The van der Waals surface area contributed by atoms with E-state index < -0.39 is 0 Å². The van der Waals surface area contributed by atoms with Gasteiger partial charge in [-0.2, -0.15) is 5.10 Å². The number of rotatable bonds is 4. The van der Waals surface area contributed by atoms with E-state index in [0.29, 0.717) is 18.2 Å². The Morgan fingerprint density at radius 2 is 2.32 bits per heavy atom. The smallest absolute Gasteiger partial charge is 0.224 e. The van der Waals surface area contributed by atoms with Gasteiger partial charge < -0.3 is 5.32 Å². The minimum Gasteiger partial charge on any atom is -0.325 e. The van der Waals surface area contributed by atoms with E-state index in [4.69, 9.17) is 0 Å². The summed E-state index contributed by atoms with van der Waals surface area (Å²) in [6, 6.07) is 3.65. The largest absolute Gasteiger partial charge is 0.325 e. The van der Waals surface area contributed by atoms with Crippen molar-refractivity contribution in [3.63, 3.8) is 0 Å². The molecule has 1 N–H and O–H groups in total. The Bertz CT molecular complexity index is 608. The normalized spacial score (nSPS) is 21.5. The first kappa shape index (κ1) is 14.7. The number of hydrogen-bond acceptors (Lipinski definition) is 4. The van der Waals surface area contributed by atoms with Gasteiger partial charge in [0.2, 0.25) is 5.91 Å². The van der Waals surface area contributed by atoms with Crippen LogP contribution < -0.4 is 5.32 Å². The number of aromatic nitrogens is 4. The van der Waals surface area contributed by atoms with Crippen LogP contribution in [0, 0.1) is 11.8 Å². The van der Waals surface area contributed by atoms with Crippen LogP contribution in [-0.4, -0.2) is 25.7 Å². The number of nitrogens with one attached hydrogen (secondary N) is 1. The Labute approximate surface area is 130 Å². The van der Waals surface area contributed by atoms with Crippen molar-refractivity contribution in [2.45, 2.75) is 39.0 Å². The van der Waals surface area contributed by atoms with Crippen LogP contribution in [0.25, 0.3) is 5.82 Å². The van der Waals surface area contributed by atoms with E-state index in [1.54, 1.807) is 17.2 Å². The van der Waals surface area contributed by atoms with Crippen molar-refractivity contribution < 1.29 is 4.79 Å². The van der Waals surface area contributed by atoms with Gasteiger partial charge in [-0.05, 0) is 36.8 Å². The van der Waals surface area contributed by atoms with E-state index in [1.165, 1.54) is 25.6 Å². The maximum absolute atomic E-state index is 12.1. The second kappa shape index (κ2) is 6.68. The fourth-order valence-corrected chi connectivity index (χ4v) is 3.14. The van der Waals surface area contributed by atoms with Crippen LogP contribution in [0.5, 0.6) is 0 Å². The lowest BCUT2D eigenvalue weighted by Gasteiger charge is -2.26. The zero-order valence-corrected chi connectivity index (χ0v) is 12.8. The predicted octanol–water partition coefficient (Wildman–Crippen LogP) is 2.82. The monoisotopic (exact) mass is 299 g/mol. The summed E-state index contributed by atoms with van der Waals surface area (Å²) in [7, 11) is 0. The van der Waals surface area contributed by atoms with E-state index >= 15 is 0 Å². The summed E-state index contributed by atoms with van der Waals surface area (Å²) in [4.78, 5) is 20.3. The number of anilines is 1. The summed E-state index contributed by atoms with van der Waals surface area (Å²) in [6.45, 7) is 2.27. The topological polar surface area (TPSA) is 72.7 Å². The highest BCUT2D eigenvalue weighted by molar-refractivity contribution is 5.90. The third kappa shape index (κ3) is 3.69. The zero-order valence-electron chi connectivity index (χ0n) is 12.8. The molecule has 1 amide bonds. The molecule has 2 aromatic heterocycles. The Hall–Kier alpha value is -2.24. The lowest BCUT2D eigenvalue weighted by molar-refractivity contribution is -0.117. The van der Waals surface area contributed by atoms with Crippen LogP contribution >= 0.6 is 0 Å². The summed E-state index contributed by atoms with van der Waals surface area (Å²) in [6.07, 6.45) is 10.2. The van der Waals surface area contributed by atoms with Gasteiger partial charge in [-0.1, -0.05) is 19.8 Å². The first-order valence-corrected chi connectivity index (χ1v) is 7.81. The molecule has 0 aliphatic heterocycles. The lowest BCUT2D eigenvalue weighted by Crippen LogP contribution is -2.21. The van der Waals surface area contributed by atoms with Gasteiger partial charge in [0.05, 0.1) is 11.9 Å². The fourth-order valence-electron chi connectivity index (χ4n) is 3.14. The van der Waals surface area contributed by atoms with Crippen LogP contribution in [0.4, 0.5) is 5.69 Å². The summed E-state index contributed by atoms with van der Waals surface area (Å²) in [5.41, 5.74) is 0.720.